The van der Waals surface area contributed by atoms with Gasteiger partial charge in [0, 0.05) is 11.3 Å². The average molecular weight is 486 g/mol. The summed E-state index contributed by atoms with van der Waals surface area (Å²) in [4.78, 5) is 16.4. The highest BCUT2D eigenvalue weighted by Gasteiger charge is 2.31. The number of nitrogens with one attached hydrogen (secondary N) is 1. The van der Waals surface area contributed by atoms with Crippen molar-refractivity contribution in [2.24, 2.45) is 0 Å². The smallest absolute Gasteiger partial charge is 0.441 e. The molecule has 7 nitrogen and oxygen atoms in total. The molecule has 0 radical (unpaired) electrons. The van der Waals surface area contributed by atoms with Crippen LogP contribution in [0.2, 0.25) is 0 Å². The molecule has 0 aliphatic rings. The molecule has 0 aliphatic heterocycles. The first-order chi connectivity index (χ1) is 16.7. The number of rotatable bonds is 6. The maximum Gasteiger partial charge on any atom is 0.573 e. The van der Waals surface area contributed by atoms with Crippen molar-refractivity contribution in [3.8, 4) is 22.8 Å². The van der Waals surface area contributed by atoms with Gasteiger partial charge in [0.05, 0.1) is 5.69 Å². The Morgan fingerprint density at radius 2 is 1.63 bits per heavy atom. The summed E-state index contributed by atoms with van der Waals surface area (Å²) >= 11 is 0. The number of carbonyl (C=O) groups is 1. The van der Waals surface area contributed by atoms with Crippen molar-refractivity contribution in [1.29, 1.82) is 0 Å². The monoisotopic (exact) mass is 486 g/mol. The van der Waals surface area contributed by atoms with Crippen molar-refractivity contribution in [1.82, 2.24) is 14.8 Å². The largest absolute Gasteiger partial charge is 0.573 e. The Kier molecular flexibility index (Phi) is 6.67. The molecule has 0 aliphatic carbocycles. The summed E-state index contributed by atoms with van der Waals surface area (Å²) in [5, 5.41) is 6.94. The number of hydrogen-bond acceptors (Lipinski definition) is 5. The zero-order valence-corrected chi connectivity index (χ0v) is 18.2. The molecule has 0 saturated heterocycles. The number of aromatic nitrogens is 3. The number of hydrogen-bond donors (Lipinski definition) is 1. The third-order valence-corrected chi connectivity index (χ3v) is 4.84. The molecule has 1 amide bonds. The highest BCUT2D eigenvalue weighted by atomic mass is 19.4. The van der Waals surface area contributed by atoms with Crippen LogP contribution in [0.15, 0.2) is 79.1 Å². The number of amides is 1. The van der Waals surface area contributed by atoms with Gasteiger partial charge in [0.1, 0.15) is 24.0 Å². The molecule has 1 N–H and O–H groups in total. The van der Waals surface area contributed by atoms with Crippen LogP contribution in [0.4, 0.5) is 28.0 Å². The summed E-state index contributed by atoms with van der Waals surface area (Å²) in [5.41, 5.74) is 2.28. The van der Waals surface area contributed by atoms with E-state index < -0.39 is 18.6 Å². The average Bonchev–Trinajstić information content (AvgIpc) is 3.29. The topological polar surface area (TPSA) is 78.3 Å². The van der Waals surface area contributed by atoms with Crippen molar-refractivity contribution < 1.29 is 31.8 Å². The summed E-state index contributed by atoms with van der Waals surface area (Å²) in [7, 11) is 0. The molecule has 180 valence electrons. The zero-order chi connectivity index (χ0) is 25.0. The van der Waals surface area contributed by atoms with Gasteiger partial charge in [-0.15, -0.1) is 18.3 Å². The molecular formula is C24H18F4N4O3. The Hall–Kier alpha value is -4.41. The first-order valence-corrected chi connectivity index (χ1v) is 10.3. The fraction of sp³-hybridized carbons (Fsp3) is 0.125. The number of benzene rings is 3. The van der Waals surface area contributed by atoms with Gasteiger partial charge in [-0.25, -0.2) is 18.9 Å². The van der Waals surface area contributed by atoms with E-state index in [1.165, 1.54) is 47.4 Å². The molecule has 1 heterocycles. The minimum Gasteiger partial charge on any atom is -0.441 e. The summed E-state index contributed by atoms with van der Waals surface area (Å²) in [6.45, 7) is 1.68. The first kappa shape index (κ1) is 23.7. The lowest BCUT2D eigenvalue weighted by Crippen LogP contribution is -2.17. The van der Waals surface area contributed by atoms with Gasteiger partial charge < -0.3 is 9.47 Å². The summed E-state index contributed by atoms with van der Waals surface area (Å²) in [6, 6.07) is 17.5. The minimum absolute atomic E-state index is 0.338. The highest BCUT2D eigenvalue weighted by Crippen LogP contribution is 2.24. The van der Waals surface area contributed by atoms with Crippen LogP contribution in [0.1, 0.15) is 18.6 Å². The summed E-state index contributed by atoms with van der Waals surface area (Å²) in [5.74, 6) is -0.340. The molecule has 4 rings (SSSR count). The van der Waals surface area contributed by atoms with Crippen molar-refractivity contribution in [2.75, 3.05) is 5.32 Å². The van der Waals surface area contributed by atoms with Gasteiger partial charge in [0.15, 0.2) is 5.82 Å². The number of carbonyl (C=O) groups excluding carboxylic acids is 1. The lowest BCUT2D eigenvalue weighted by atomic mass is 10.1. The maximum atomic E-state index is 13.0. The maximum absolute atomic E-state index is 13.0. The van der Waals surface area contributed by atoms with Crippen molar-refractivity contribution in [2.45, 2.75) is 19.4 Å². The van der Waals surface area contributed by atoms with Gasteiger partial charge in [-0.05, 0) is 73.2 Å². The summed E-state index contributed by atoms with van der Waals surface area (Å²) in [6.07, 6.45) is -4.58. The van der Waals surface area contributed by atoms with Crippen LogP contribution in [0.3, 0.4) is 0 Å². The highest BCUT2D eigenvalue weighted by molar-refractivity contribution is 5.85. The fourth-order valence-corrected chi connectivity index (χ4v) is 3.13. The Morgan fingerprint density at radius 3 is 2.26 bits per heavy atom. The minimum atomic E-state index is -4.76. The molecule has 0 fully saturated rings. The molecule has 1 atom stereocenters. The van der Waals surface area contributed by atoms with Gasteiger partial charge in [0.25, 0.3) is 0 Å². The van der Waals surface area contributed by atoms with E-state index in [0.717, 1.165) is 0 Å². The van der Waals surface area contributed by atoms with Gasteiger partial charge in [-0.2, -0.15) is 0 Å². The number of nitrogens with zero attached hydrogens (tertiary/aromatic N) is 3. The Morgan fingerprint density at radius 1 is 0.971 bits per heavy atom. The van der Waals surface area contributed by atoms with E-state index in [1.54, 1.807) is 43.3 Å². The quantitative estimate of drug-likeness (QED) is 0.325. The van der Waals surface area contributed by atoms with Crippen molar-refractivity contribution >= 4 is 11.8 Å². The summed E-state index contributed by atoms with van der Waals surface area (Å²) < 4.78 is 60.5. The third-order valence-electron chi connectivity index (χ3n) is 4.84. The van der Waals surface area contributed by atoms with Crippen molar-refractivity contribution in [3.63, 3.8) is 0 Å². The molecule has 0 saturated carbocycles. The standard InChI is InChI=1S/C24H18F4N4O3/c1-15(16-2-6-18(25)7-3-16)34-23(33)30-19-8-4-17(5-9-19)22-29-14-32(31-22)20-10-12-21(13-11-20)35-24(26,27)28/h2-15H,1H3,(H,30,33). The lowest BCUT2D eigenvalue weighted by Gasteiger charge is -2.14. The number of anilines is 1. The van der Waals surface area contributed by atoms with E-state index in [1.807, 2.05) is 0 Å². The molecule has 3 aromatic carbocycles. The molecule has 0 bridgehead atoms. The van der Waals surface area contributed by atoms with Gasteiger partial charge in [0.2, 0.25) is 0 Å². The second-order valence-corrected chi connectivity index (χ2v) is 7.36. The first-order valence-electron chi connectivity index (χ1n) is 10.3. The van der Waals surface area contributed by atoms with E-state index in [9.17, 15) is 22.4 Å². The number of halogens is 4. The number of ether oxygens (including phenoxy) is 2. The van der Waals surface area contributed by atoms with Crippen LogP contribution >= 0.6 is 0 Å². The third kappa shape index (κ3) is 6.34. The second kappa shape index (κ2) is 9.84. The van der Waals surface area contributed by atoms with Gasteiger partial charge in [-0.3, -0.25) is 5.32 Å². The van der Waals surface area contributed by atoms with Crippen molar-refractivity contribution in [3.05, 3.63) is 90.5 Å². The Balaban J connectivity index is 1.37. The normalized spacial score (nSPS) is 12.1. The van der Waals surface area contributed by atoms with Gasteiger partial charge >= 0.3 is 12.5 Å². The van der Waals surface area contributed by atoms with Crippen LogP contribution in [-0.4, -0.2) is 27.2 Å². The molecule has 1 unspecified atom stereocenters. The van der Waals surface area contributed by atoms with E-state index in [0.29, 0.717) is 28.3 Å². The van der Waals surface area contributed by atoms with E-state index in [-0.39, 0.29) is 11.6 Å². The van der Waals surface area contributed by atoms with E-state index >= 15 is 0 Å². The predicted molar refractivity (Wildman–Crippen MR) is 118 cm³/mol. The second-order valence-electron chi connectivity index (χ2n) is 7.36. The fourth-order valence-electron chi connectivity index (χ4n) is 3.13. The van der Waals surface area contributed by atoms with Crippen LogP contribution in [0.5, 0.6) is 5.75 Å². The molecular weight excluding hydrogens is 468 g/mol. The number of alkyl halides is 3. The Labute approximate surface area is 196 Å². The van der Waals surface area contributed by atoms with Crippen LogP contribution in [-0.2, 0) is 4.74 Å². The SMILES string of the molecule is CC(OC(=O)Nc1ccc(-c2ncn(-c3ccc(OC(F)(F)F)cc3)n2)cc1)c1ccc(F)cc1. The molecule has 1 aromatic heterocycles. The van der Waals surface area contributed by atoms with Gasteiger partial charge in [-0.1, -0.05) is 12.1 Å². The molecule has 4 aromatic rings. The molecule has 35 heavy (non-hydrogen) atoms. The molecule has 11 heteroatoms. The van der Waals surface area contributed by atoms with Crippen LogP contribution in [0, 0.1) is 5.82 Å². The van der Waals surface area contributed by atoms with E-state index in [4.69, 9.17) is 4.74 Å². The van der Waals surface area contributed by atoms with Crippen LogP contribution < -0.4 is 10.1 Å². The predicted octanol–water partition coefficient (Wildman–Crippen LogP) is 6.28. The zero-order valence-electron chi connectivity index (χ0n) is 18.2. The Bertz CT molecular complexity index is 1290. The lowest BCUT2D eigenvalue weighted by molar-refractivity contribution is -0.274. The van der Waals surface area contributed by atoms with Crippen LogP contribution in [0.25, 0.3) is 17.1 Å². The van der Waals surface area contributed by atoms with E-state index in [2.05, 4.69) is 20.1 Å². The molecule has 0 spiro atoms.